The van der Waals surface area contributed by atoms with Crippen molar-refractivity contribution in [1.29, 1.82) is 0 Å². The number of benzene rings is 3. The Morgan fingerprint density at radius 1 is 0.977 bits per heavy atom. The number of nitrogens with zero attached hydrogens (tertiary/aromatic N) is 2. The van der Waals surface area contributed by atoms with Crippen LogP contribution in [-0.4, -0.2) is 47.1 Å². The van der Waals surface area contributed by atoms with E-state index in [4.69, 9.17) is 38.2 Å². The molecular weight excluding hydrogens is 593 g/mol. The topological polar surface area (TPSA) is 84.2 Å². The minimum absolute atomic E-state index is 0.250. The lowest BCUT2D eigenvalue weighted by molar-refractivity contribution is -0.122. The van der Waals surface area contributed by atoms with Gasteiger partial charge in [0.25, 0.3) is 6.47 Å². The Morgan fingerprint density at radius 2 is 1.64 bits per heavy atom. The van der Waals surface area contributed by atoms with Crippen molar-refractivity contribution in [3.63, 3.8) is 0 Å². The summed E-state index contributed by atoms with van der Waals surface area (Å²) in [7, 11) is 1.96. The molecule has 0 amide bonds. The predicted molar refractivity (Wildman–Crippen MR) is 186 cm³/mol. The number of alkyl halides is 1. The Bertz CT molecular complexity index is 1460. The van der Waals surface area contributed by atoms with Crippen LogP contribution in [0.1, 0.15) is 47.4 Å². The third kappa shape index (κ3) is 14.0. The number of hydrogen-bond donors (Lipinski definition) is 2. The number of halogens is 2. The van der Waals surface area contributed by atoms with Crippen LogP contribution in [0.4, 0.5) is 0 Å². The second-order valence-corrected chi connectivity index (χ2v) is 10.3. The molecular formula is C36H43Cl2N3O3. The van der Waals surface area contributed by atoms with Gasteiger partial charge in [0.2, 0.25) is 0 Å². The van der Waals surface area contributed by atoms with Crippen LogP contribution in [-0.2, 0) is 11.3 Å². The summed E-state index contributed by atoms with van der Waals surface area (Å²) < 4.78 is 2.03. The Labute approximate surface area is 272 Å². The van der Waals surface area contributed by atoms with Gasteiger partial charge in [0.05, 0.1) is 17.9 Å². The maximum absolute atomic E-state index is 10.9. The summed E-state index contributed by atoms with van der Waals surface area (Å²) in [6, 6.07) is 26.8. The molecule has 0 aliphatic carbocycles. The quantitative estimate of drug-likeness (QED) is 0.109. The molecule has 0 bridgehead atoms. The summed E-state index contributed by atoms with van der Waals surface area (Å²) in [6.45, 7) is 9.76. The first kappa shape index (κ1) is 38.1. The Hall–Kier alpha value is -3.97. The second-order valence-electron chi connectivity index (χ2n) is 9.54. The van der Waals surface area contributed by atoms with E-state index in [9.17, 15) is 4.79 Å². The van der Waals surface area contributed by atoms with Crippen LogP contribution >= 0.6 is 23.2 Å². The number of aromatic nitrogens is 2. The lowest BCUT2D eigenvalue weighted by Crippen LogP contribution is -2.04. The van der Waals surface area contributed by atoms with E-state index in [1.165, 1.54) is 23.1 Å². The van der Waals surface area contributed by atoms with Gasteiger partial charge < -0.3 is 10.4 Å². The number of rotatable bonds is 9. The fraction of sp³-hybridized carbons (Fsp3) is 0.250. The smallest absolute Gasteiger partial charge is 0.290 e. The minimum Gasteiger partial charge on any atom is -0.483 e. The molecule has 234 valence electrons. The molecule has 44 heavy (non-hydrogen) atoms. The van der Waals surface area contributed by atoms with Crippen molar-refractivity contribution in [3.05, 3.63) is 125 Å². The summed E-state index contributed by atoms with van der Waals surface area (Å²) in [4.78, 5) is 19.2. The summed E-state index contributed by atoms with van der Waals surface area (Å²) in [5.41, 5.74) is 8.74. The fourth-order valence-electron chi connectivity index (χ4n) is 4.07. The monoisotopic (exact) mass is 635 g/mol. The number of allylic oxidation sites excluding steroid dienone is 4. The first-order chi connectivity index (χ1) is 21.3. The van der Waals surface area contributed by atoms with Crippen LogP contribution < -0.4 is 5.32 Å². The summed E-state index contributed by atoms with van der Waals surface area (Å²) >= 11 is 10.9. The van der Waals surface area contributed by atoms with Gasteiger partial charge >= 0.3 is 0 Å². The first-order valence-electron chi connectivity index (χ1n) is 14.3. The van der Waals surface area contributed by atoms with Crippen LogP contribution in [0.3, 0.4) is 0 Å². The second kappa shape index (κ2) is 22.6. The highest BCUT2D eigenvalue weighted by Crippen LogP contribution is 2.29. The number of aldehydes is 1. The van der Waals surface area contributed by atoms with Gasteiger partial charge in [-0.05, 0) is 81.2 Å². The summed E-state index contributed by atoms with van der Waals surface area (Å²) in [6.07, 6.45) is 7.50. The largest absolute Gasteiger partial charge is 0.483 e. The van der Waals surface area contributed by atoms with E-state index in [0.717, 1.165) is 35.3 Å². The molecule has 0 unspecified atom stereocenters. The number of nitrogens with one attached hydrogen (secondary N) is 1. The lowest BCUT2D eigenvalue weighted by atomic mass is 9.98. The SMILES string of the molecule is C/C=C\C(Cl)=C/CCl.CCCNC.Cc1cc(-c2cccc(-c3ccccc3C)c2)n(Cc2ccc(C=O)cc2)n1.O=CO. The van der Waals surface area contributed by atoms with E-state index >= 15 is 0 Å². The van der Waals surface area contributed by atoms with Crippen LogP contribution in [0.5, 0.6) is 0 Å². The molecule has 6 nitrogen and oxygen atoms in total. The van der Waals surface area contributed by atoms with Crippen LogP contribution in [0.25, 0.3) is 22.4 Å². The molecule has 8 heteroatoms. The number of carbonyl (C=O) groups is 2. The van der Waals surface area contributed by atoms with E-state index < -0.39 is 0 Å². The standard InChI is InChI=1S/C25H22N2O.C6H8Cl2.C4H11N.CH2O2/c1-18-6-3-4-9-24(18)22-7-5-8-23(15-22)25-14-19(2)26-27(25)16-20-10-12-21(17-28)13-11-20;1-2-3-6(8)4-5-7;1-3-4-5-2;2-1-3/h3-15,17H,16H2,1-2H3;2-4H,5H2,1H3;5H,3-4H2,1-2H3;1H,(H,2,3)/b;3-2-,6-4+;;. The average Bonchev–Trinajstić information content (AvgIpc) is 3.39. The van der Waals surface area contributed by atoms with Crippen LogP contribution in [0.2, 0.25) is 0 Å². The van der Waals surface area contributed by atoms with E-state index in [2.05, 4.69) is 73.8 Å². The Kier molecular flexibility index (Phi) is 19.5. The molecule has 0 aliphatic heterocycles. The van der Waals surface area contributed by atoms with Crippen molar-refractivity contribution in [3.8, 4) is 22.4 Å². The van der Waals surface area contributed by atoms with Gasteiger partial charge in [-0.2, -0.15) is 5.10 Å². The highest BCUT2D eigenvalue weighted by molar-refractivity contribution is 6.31. The molecule has 0 spiro atoms. The van der Waals surface area contributed by atoms with Gasteiger partial charge in [0.1, 0.15) is 6.29 Å². The summed E-state index contributed by atoms with van der Waals surface area (Å²) in [5.74, 6) is 0.475. The number of hydrogen-bond acceptors (Lipinski definition) is 4. The van der Waals surface area contributed by atoms with Gasteiger partial charge in [-0.15, -0.1) is 11.6 Å². The highest BCUT2D eigenvalue weighted by Gasteiger charge is 2.11. The highest BCUT2D eigenvalue weighted by atomic mass is 35.5. The first-order valence-corrected chi connectivity index (χ1v) is 15.2. The van der Waals surface area contributed by atoms with Crippen LogP contribution in [0, 0.1) is 13.8 Å². The van der Waals surface area contributed by atoms with E-state index in [0.29, 0.717) is 23.0 Å². The molecule has 4 aromatic rings. The fourth-order valence-corrected chi connectivity index (χ4v) is 4.52. The summed E-state index contributed by atoms with van der Waals surface area (Å²) in [5, 5.41) is 15.3. The Balaban J connectivity index is 0.000000502. The third-order valence-electron chi connectivity index (χ3n) is 6.06. The van der Waals surface area contributed by atoms with E-state index in [1.54, 1.807) is 12.2 Å². The van der Waals surface area contributed by atoms with E-state index in [-0.39, 0.29) is 6.47 Å². The van der Waals surface area contributed by atoms with Gasteiger partial charge in [0, 0.05) is 22.0 Å². The van der Waals surface area contributed by atoms with Gasteiger partial charge in [0.15, 0.2) is 0 Å². The molecule has 0 aliphatic rings. The van der Waals surface area contributed by atoms with Crippen molar-refractivity contribution in [2.24, 2.45) is 0 Å². The molecule has 2 N–H and O–H groups in total. The van der Waals surface area contributed by atoms with Crippen molar-refractivity contribution in [1.82, 2.24) is 15.1 Å². The number of aryl methyl sites for hydroxylation is 2. The van der Waals surface area contributed by atoms with Crippen molar-refractivity contribution in [2.45, 2.75) is 40.7 Å². The molecule has 4 rings (SSSR count). The van der Waals surface area contributed by atoms with Crippen molar-refractivity contribution >= 4 is 36.0 Å². The van der Waals surface area contributed by atoms with Crippen molar-refractivity contribution < 1.29 is 14.7 Å². The van der Waals surface area contributed by atoms with Gasteiger partial charge in [-0.25, -0.2) is 0 Å². The van der Waals surface area contributed by atoms with Gasteiger partial charge in [-0.3, -0.25) is 14.3 Å². The predicted octanol–water partition coefficient (Wildman–Crippen LogP) is 8.94. The number of carboxylic acid groups (broad SMARTS) is 1. The average molecular weight is 637 g/mol. The van der Waals surface area contributed by atoms with E-state index in [1.807, 2.05) is 55.9 Å². The third-order valence-corrected chi connectivity index (χ3v) is 6.50. The molecule has 0 atom stereocenters. The lowest BCUT2D eigenvalue weighted by Gasteiger charge is -2.11. The zero-order valence-corrected chi connectivity index (χ0v) is 27.6. The number of carbonyl (C=O) groups excluding carboxylic acids is 1. The molecule has 0 saturated carbocycles. The molecule has 0 saturated heterocycles. The van der Waals surface area contributed by atoms with Crippen molar-refractivity contribution in [2.75, 3.05) is 19.5 Å². The zero-order valence-electron chi connectivity index (χ0n) is 26.1. The molecule has 3 aromatic carbocycles. The molecule has 0 fully saturated rings. The molecule has 1 aromatic heterocycles. The molecule has 0 radical (unpaired) electrons. The maximum atomic E-state index is 10.9. The molecule has 1 heterocycles. The Morgan fingerprint density at radius 3 is 2.18 bits per heavy atom. The maximum Gasteiger partial charge on any atom is 0.290 e. The van der Waals surface area contributed by atoms with Gasteiger partial charge in [-0.1, -0.05) is 97.4 Å². The normalized spacial score (nSPS) is 10.5. The van der Waals surface area contributed by atoms with Crippen LogP contribution in [0.15, 0.2) is 102 Å². The minimum atomic E-state index is -0.250. The zero-order chi connectivity index (χ0) is 32.7.